The van der Waals surface area contributed by atoms with Crippen LogP contribution in [0.1, 0.15) is 47.5 Å². The number of aliphatic carboxylic acids is 1. The summed E-state index contributed by atoms with van der Waals surface area (Å²) < 4.78 is 0. The predicted octanol–water partition coefficient (Wildman–Crippen LogP) is 1.82. The molecule has 0 spiro atoms. The monoisotopic (exact) mass is 284 g/mol. The number of amides is 1. The van der Waals surface area contributed by atoms with Gasteiger partial charge >= 0.3 is 5.97 Å². The van der Waals surface area contributed by atoms with Gasteiger partial charge < -0.3 is 10.0 Å². The first-order chi connectivity index (χ1) is 9.17. The van der Waals surface area contributed by atoms with E-state index in [1.54, 1.807) is 6.92 Å². The Balaban J connectivity index is 2.55. The Morgan fingerprint density at radius 1 is 1.15 bits per heavy atom. The molecule has 0 aromatic heterocycles. The minimum absolute atomic E-state index is 0.133. The highest BCUT2D eigenvalue weighted by molar-refractivity contribution is 5.79. The lowest BCUT2D eigenvalue weighted by Gasteiger charge is -2.38. The number of carboxylic acid groups (broad SMARTS) is 1. The highest BCUT2D eigenvalue weighted by Gasteiger charge is 2.37. The summed E-state index contributed by atoms with van der Waals surface area (Å²) in [5, 5.41) is 9.21. The first-order valence-corrected chi connectivity index (χ1v) is 7.44. The van der Waals surface area contributed by atoms with Gasteiger partial charge in [0.2, 0.25) is 5.91 Å². The zero-order chi connectivity index (χ0) is 15.5. The molecule has 0 saturated carbocycles. The number of likely N-dealkylation sites (tertiary alicyclic amines) is 1. The summed E-state index contributed by atoms with van der Waals surface area (Å²) in [6.45, 7) is 11.6. The summed E-state index contributed by atoms with van der Waals surface area (Å²) in [7, 11) is 0. The van der Waals surface area contributed by atoms with Crippen LogP contribution in [0.15, 0.2) is 0 Å². The lowest BCUT2D eigenvalue weighted by molar-refractivity contribution is -0.151. The van der Waals surface area contributed by atoms with Gasteiger partial charge in [-0.3, -0.25) is 14.5 Å². The van der Waals surface area contributed by atoms with Crippen molar-refractivity contribution in [3.8, 4) is 0 Å². The van der Waals surface area contributed by atoms with Crippen LogP contribution in [0.3, 0.4) is 0 Å². The van der Waals surface area contributed by atoms with E-state index in [4.69, 9.17) is 0 Å². The molecule has 0 aromatic rings. The lowest BCUT2D eigenvalue weighted by atomic mass is 9.80. The fourth-order valence-corrected chi connectivity index (χ4v) is 2.86. The number of carbonyl (C=O) groups excluding carboxylic acids is 1. The van der Waals surface area contributed by atoms with E-state index in [1.165, 1.54) is 0 Å². The largest absolute Gasteiger partial charge is 0.481 e. The van der Waals surface area contributed by atoms with E-state index in [0.29, 0.717) is 32.5 Å². The second kappa shape index (κ2) is 6.57. The molecule has 1 heterocycles. The first kappa shape index (κ1) is 17.0. The summed E-state index contributed by atoms with van der Waals surface area (Å²) in [6, 6.07) is 0.383. The number of hydrogen-bond donors (Lipinski definition) is 1. The van der Waals surface area contributed by atoms with Crippen LogP contribution in [0.25, 0.3) is 0 Å². The fourth-order valence-electron chi connectivity index (χ4n) is 2.86. The molecule has 0 atom stereocenters. The summed E-state index contributed by atoms with van der Waals surface area (Å²) in [4.78, 5) is 27.5. The molecule has 1 amide bonds. The third-order valence-corrected chi connectivity index (χ3v) is 4.24. The van der Waals surface area contributed by atoms with Gasteiger partial charge in [-0.1, -0.05) is 0 Å². The molecule has 1 aliphatic rings. The predicted molar refractivity (Wildman–Crippen MR) is 78.5 cm³/mol. The molecule has 1 N–H and O–H groups in total. The van der Waals surface area contributed by atoms with Gasteiger partial charge in [0.05, 0.1) is 12.0 Å². The zero-order valence-corrected chi connectivity index (χ0v) is 13.3. The Hall–Kier alpha value is -1.10. The zero-order valence-electron chi connectivity index (χ0n) is 13.3. The number of carbonyl (C=O) groups is 2. The highest BCUT2D eigenvalue weighted by Crippen LogP contribution is 2.30. The molecule has 0 unspecified atom stereocenters. The van der Waals surface area contributed by atoms with Gasteiger partial charge in [-0.15, -0.1) is 0 Å². The van der Waals surface area contributed by atoms with Crippen molar-refractivity contribution in [1.82, 2.24) is 9.80 Å². The Morgan fingerprint density at radius 2 is 1.60 bits per heavy atom. The van der Waals surface area contributed by atoms with E-state index < -0.39 is 11.4 Å². The Morgan fingerprint density at radius 3 is 1.95 bits per heavy atom. The van der Waals surface area contributed by atoms with Crippen LogP contribution >= 0.6 is 0 Å². The molecule has 116 valence electrons. The lowest BCUT2D eigenvalue weighted by Crippen LogP contribution is -2.50. The Bertz CT molecular complexity index is 350. The quantitative estimate of drug-likeness (QED) is 0.836. The van der Waals surface area contributed by atoms with Crippen LogP contribution < -0.4 is 0 Å². The fraction of sp³-hybridized carbons (Fsp3) is 0.867. The third-order valence-electron chi connectivity index (χ3n) is 4.24. The van der Waals surface area contributed by atoms with Crippen molar-refractivity contribution in [2.45, 2.75) is 59.5 Å². The van der Waals surface area contributed by atoms with Gasteiger partial charge in [0.15, 0.2) is 0 Å². The molecule has 1 saturated heterocycles. The molecule has 0 radical (unpaired) electrons. The number of rotatable bonds is 5. The van der Waals surface area contributed by atoms with Gasteiger partial charge in [-0.05, 0) is 60.5 Å². The average molecular weight is 284 g/mol. The standard InChI is InChI=1S/C15H28N2O3/c1-11(2)17(12(3)4)13(18)10-16-8-6-15(5,7-9-16)14(19)20/h11-12H,6-10H2,1-5H3,(H,19,20). The van der Waals surface area contributed by atoms with Gasteiger partial charge in [0, 0.05) is 12.1 Å². The van der Waals surface area contributed by atoms with E-state index in [9.17, 15) is 14.7 Å². The van der Waals surface area contributed by atoms with E-state index in [0.717, 1.165) is 0 Å². The molecule has 1 rings (SSSR count). The maximum atomic E-state index is 12.4. The number of nitrogens with zero attached hydrogens (tertiary/aromatic N) is 2. The number of hydrogen-bond acceptors (Lipinski definition) is 3. The summed E-state index contributed by atoms with van der Waals surface area (Å²) >= 11 is 0. The van der Waals surface area contributed by atoms with Crippen LogP contribution in [-0.2, 0) is 9.59 Å². The van der Waals surface area contributed by atoms with Crippen molar-refractivity contribution in [1.29, 1.82) is 0 Å². The van der Waals surface area contributed by atoms with Crippen molar-refractivity contribution < 1.29 is 14.7 Å². The summed E-state index contributed by atoms with van der Waals surface area (Å²) in [5.41, 5.74) is -0.630. The smallest absolute Gasteiger partial charge is 0.309 e. The second-order valence-electron chi connectivity index (χ2n) is 6.63. The van der Waals surface area contributed by atoms with Crippen LogP contribution in [0.2, 0.25) is 0 Å². The molecular weight excluding hydrogens is 256 g/mol. The van der Waals surface area contributed by atoms with Crippen molar-refractivity contribution >= 4 is 11.9 Å². The van der Waals surface area contributed by atoms with Crippen molar-refractivity contribution in [2.24, 2.45) is 5.41 Å². The van der Waals surface area contributed by atoms with Crippen LogP contribution in [0.4, 0.5) is 0 Å². The Labute approximate surface area is 121 Å². The minimum Gasteiger partial charge on any atom is -0.481 e. The first-order valence-electron chi connectivity index (χ1n) is 7.44. The molecule has 0 bridgehead atoms. The van der Waals surface area contributed by atoms with Crippen LogP contribution in [-0.4, -0.2) is 58.5 Å². The van der Waals surface area contributed by atoms with Crippen LogP contribution in [0, 0.1) is 5.41 Å². The van der Waals surface area contributed by atoms with Crippen molar-refractivity contribution in [2.75, 3.05) is 19.6 Å². The number of carboxylic acids is 1. The highest BCUT2D eigenvalue weighted by atomic mass is 16.4. The SMILES string of the molecule is CC(C)N(C(=O)CN1CCC(C)(C(=O)O)CC1)C(C)C. The molecule has 1 aliphatic heterocycles. The second-order valence-corrected chi connectivity index (χ2v) is 6.63. The van der Waals surface area contributed by atoms with Crippen molar-refractivity contribution in [3.05, 3.63) is 0 Å². The van der Waals surface area contributed by atoms with E-state index in [1.807, 2.05) is 32.6 Å². The maximum absolute atomic E-state index is 12.4. The topological polar surface area (TPSA) is 60.9 Å². The van der Waals surface area contributed by atoms with Crippen molar-refractivity contribution in [3.63, 3.8) is 0 Å². The summed E-state index contributed by atoms with van der Waals surface area (Å²) in [6.07, 6.45) is 1.22. The normalized spacial score (nSPS) is 19.4. The molecule has 1 fully saturated rings. The molecule has 0 aromatic carbocycles. The molecule has 5 heteroatoms. The molecule has 0 aliphatic carbocycles. The van der Waals surface area contributed by atoms with Gasteiger partial charge in [-0.2, -0.15) is 0 Å². The molecule has 5 nitrogen and oxygen atoms in total. The van der Waals surface area contributed by atoms with E-state index in [2.05, 4.69) is 4.90 Å². The summed E-state index contributed by atoms with van der Waals surface area (Å²) in [5.74, 6) is -0.594. The van der Waals surface area contributed by atoms with Gasteiger partial charge in [0.1, 0.15) is 0 Å². The average Bonchev–Trinajstić information content (AvgIpc) is 2.31. The van der Waals surface area contributed by atoms with E-state index >= 15 is 0 Å². The van der Waals surface area contributed by atoms with Gasteiger partial charge in [0.25, 0.3) is 0 Å². The Kier molecular flexibility index (Phi) is 5.57. The van der Waals surface area contributed by atoms with Crippen LogP contribution in [0.5, 0.6) is 0 Å². The third kappa shape index (κ3) is 3.95. The van der Waals surface area contributed by atoms with E-state index in [-0.39, 0.29) is 18.0 Å². The molecular formula is C15H28N2O3. The molecule has 20 heavy (non-hydrogen) atoms. The minimum atomic E-state index is -0.727. The maximum Gasteiger partial charge on any atom is 0.309 e. The van der Waals surface area contributed by atoms with Gasteiger partial charge in [-0.25, -0.2) is 0 Å². The number of piperidine rings is 1.